The van der Waals surface area contributed by atoms with Gasteiger partial charge >= 0.3 is 0 Å². The van der Waals surface area contributed by atoms with Gasteiger partial charge in [0.1, 0.15) is 0 Å². The second-order valence-corrected chi connectivity index (χ2v) is 9.31. The van der Waals surface area contributed by atoms with Gasteiger partial charge in [-0.25, -0.2) is 8.42 Å². The van der Waals surface area contributed by atoms with E-state index in [1.165, 1.54) is 29.0 Å². The van der Waals surface area contributed by atoms with E-state index in [0.29, 0.717) is 31.6 Å². The van der Waals surface area contributed by atoms with Gasteiger partial charge in [-0.2, -0.15) is 0 Å². The first-order valence-electron chi connectivity index (χ1n) is 8.96. The Morgan fingerprint density at radius 3 is 2.77 bits per heavy atom. The lowest BCUT2D eigenvalue weighted by molar-refractivity contribution is -0.120. The van der Waals surface area contributed by atoms with Gasteiger partial charge in [0, 0.05) is 24.4 Å². The summed E-state index contributed by atoms with van der Waals surface area (Å²) >= 11 is 1.57. The summed E-state index contributed by atoms with van der Waals surface area (Å²) in [6.07, 6.45) is 10.8. The molecule has 144 valence electrons. The quantitative estimate of drug-likeness (QED) is 0.512. The Morgan fingerprint density at radius 1 is 1.31 bits per heavy atom. The maximum absolute atomic E-state index is 12.2. The molecule has 0 bridgehead atoms. The third-order valence-electron chi connectivity index (χ3n) is 4.40. The molecule has 0 saturated carbocycles. The molecular weight excluding hydrogens is 368 g/mol. The molecular formula is C19H28N2O3S2. The first-order valence-corrected chi connectivity index (χ1v) is 12.0. The summed E-state index contributed by atoms with van der Waals surface area (Å²) in [7, 11) is -3.39. The highest BCUT2D eigenvalue weighted by Gasteiger charge is 2.18. The van der Waals surface area contributed by atoms with Crippen LogP contribution < -0.4 is 9.62 Å². The number of amides is 1. The van der Waals surface area contributed by atoms with Gasteiger partial charge in [-0.15, -0.1) is 11.8 Å². The zero-order chi connectivity index (χ0) is 19.0. The fourth-order valence-corrected chi connectivity index (χ4v) is 4.41. The van der Waals surface area contributed by atoms with Gasteiger partial charge in [-0.3, -0.25) is 9.10 Å². The highest BCUT2D eigenvalue weighted by atomic mass is 32.2. The highest BCUT2D eigenvalue weighted by molar-refractivity contribution is 7.98. The Labute approximate surface area is 161 Å². The van der Waals surface area contributed by atoms with Crippen LogP contribution in [0.2, 0.25) is 0 Å². The number of allylic oxidation sites excluding steroid dienone is 1. The summed E-state index contributed by atoms with van der Waals surface area (Å²) in [6, 6.07) is 7.45. The third-order valence-corrected chi connectivity index (χ3v) is 6.32. The predicted molar refractivity (Wildman–Crippen MR) is 109 cm³/mol. The second kappa shape index (κ2) is 10.0. The number of carbonyl (C=O) groups is 1. The van der Waals surface area contributed by atoms with Gasteiger partial charge in [0.15, 0.2) is 0 Å². The summed E-state index contributed by atoms with van der Waals surface area (Å²) in [4.78, 5) is 13.1. The highest BCUT2D eigenvalue weighted by Crippen LogP contribution is 2.24. The molecule has 0 fully saturated rings. The largest absolute Gasteiger partial charge is 0.352 e. The number of benzene rings is 1. The molecule has 0 saturated heterocycles. The number of hydrogen-bond acceptors (Lipinski definition) is 4. The summed E-state index contributed by atoms with van der Waals surface area (Å²) in [5.74, 6) is -0.0252. The van der Waals surface area contributed by atoms with Gasteiger partial charge in [0.05, 0.1) is 11.9 Å². The van der Waals surface area contributed by atoms with Crippen LogP contribution in [-0.2, 0) is 14.8 Å². The van der Waals surface area contributed by atoms with Crippen LogP contribution in [0.4, 0.5) is 5.69 Å². The molecule has 0 atom stereocenters. The normalized spacial score (nSPS) is 14.6. The van der Waals surface area contributed by atoms with Crippen LogP contribution >= 0.6 is 11.8 Å². The molecule has 0 spiro atoms. The van der Waals surface area contributed by atoms with E-state index in [9.17, 15) is 13.2 Å². The number of sulfonamides is 1. The molecule has 0 radical (unpaired) electrons. The smallest absolute Gasteiger partial charge is 0.232 e. The summed E-state index contributed by atoms with van der Waals surface area (Å²) < 4.78 is 25.7. The van der Waals surface area contributed by atoms with Gasteiger partial charge < -0.3 is 5.32 Å². The number of hydrogen-bond donors (Lipinski definition) is 1. The van der Waals surface area contributed by atoms with Gasteiger partial charge in [-0.05, 0) is 56.6 Å². The van der Waals surface area contributed by atoms with Crippen molar-refractivity contribution < 1.29 is 13.2 Å². The number of nitrogens with one attached hydrogen (secondary N) is 1. The van der Waals surface area contributed by atoms with E-state index in [0.717, 1.165) is 17.7 Å². The topological polar surface area (TPSA) is 66.5 Å². The minimum absolute atomic E-state index is 0.0252. The first kappa shape index (κ1) is 20.8. The maximum Gasteiger partial charge on any atom is 0.232 e. The second-order valence-electron chi connectivity index (χ2n) is 6.53. The monoisotopic (exact) mass is 396 g/mol. The van der Waals surface area contributed by atoms with Crippen LogP contribution in [0.3, 0.4) is 0 Å². The molecule has 0 unspecified atom stereocenters. The standard InChI is InChI=1S/C19H28N2O3S2/c1-25-18-11-6-10-17(14-18)21(26(2,23)24)13-7-12-19(22)20-15-16-8-4-3-5-9-16/h6,8,10-11,14H,3-5,7,9,12-13,15H2,1-2H3,(H,20,22). The fourth-order valence-electron chi connectivity index (χ4n) is 3.00. The molecule has 26 heavy (non-hydrogen) atoms. The molecule has 1 aliphatic rings. The summed E-state index contributed by atoms with van der Waals surface area (Å²) in [6.45, 7) is 0.914. The summed E-state index contributed by atoms with van der Waals surface area (Å²) in [5, 5.41) is 2.94. The Balaban J connectivity index is 1.87. The van der Waals surface area contributed by atoms with Crippen molar-refractivity contribution in [3.05, 3.63) is 35.9 Å². The van der Waals surface area contributed by atoms with E-state index in [2.05, 4.69) is 11.4 Å². The number of carbonyl (C=O) groups excluding carboxylic acids is 1. The molecule has 1 aromatic rings. The van der Waals surface area contributed by atoms with Gasteiger partial charge in [0.25, 0.3) is 0 Å². The molecule has 2 rings (SSSR count). The summed E-state index contributed by atoms with van der Waals surface area (Å²) in [5.41, 5.74) is 1.95. The fraction of sp³-hybridized carbons (Fsp3) is 0.526. The predicted octanol–water partition coefficient (Wildman–Crippen LogP) is 3.57. The zero-order valence-corrected chi connectivity index (χ0v) is 17.2. The van der Waals surface area contributed by atoms with Gasteiger partial charge in [-0.1, -0.05) is 17.7 Å². The minimum atomic E-state index is -3.39. The number of anilines is 1. The van der Waals surface area contributed by atoms with Crippen LogP contribution in [0.15, 0.2) is 40.8 Å². The number of nitrogens with zero attached hydrogens (tertiary/aromatic N) is 1. The number of thioether (sulfide) groups is 1. The molecule has 7 heteroatoms. The average Bonchev–Trinajstić information content (AvgIpc) is 2.63. The van der Waals surface area contributed by atoms with Crippen LogP contribution in [-0.4, -0.2) is 39.9 Å². The van der Waals surface area contributed by atoms with Crippen LogP contribution in [0.1, 0.15) is 38.5 Å². The maximum atomic E-state index is 12.2. The Bertz CT molecular complexity index is 745. The van der Waals surface area contributed by atoms with Crippen LogP contribution in [0.25, 0.3) is 0 Å². The minimum Gasteiger partial charge on any atom is -0.352 e. The van der Waals surface area contributed by atoms with Crippen molar-refractivity contribution in [2.75, 3.05) is 29.9 Å². The van der Waals surface area contributed by atoms with Crippen molar-refractivity contribution in [3.8, 4) is 0 Å². The molecule has 0 aliphatic heterocycles. The van der Waals surface area contributed by atoms with Crippen LogP contribution in [0, 0.1) is 0 Å². The van der Waals surface area contributed by atoms with E-state index in [4.69, 9.17) is 0 Å². The molecule has 1 aromatic carbocycles. The van der Waals surface area contributed by atoms with Crippen LogP contribution in [0.5, 0.6) is 0 Å². The molecule has 1 amide bonds. The lowest BCUT2D eigenvalue weighted by Crippen LogP contribution is -2.32. The van der Waals surface area contributed by atoms with Crippen molar-refractivity contribution in [3.63, 3.8) is 0 Å². The van der Waals surface area contributed by atoms with Crippen molar-refractivity contribution in [1.29, 1.82) is 0 Å². The Kier molecular flexibility index (Phi) is 8.03. The lowest BCUT2D eigenvalue weighted by Gasteiger charge is -2.22. The first-order chi connectivity index (χ1) is 12.4. The lowest BCUT2D eigenvalue weighted by atomic mass is 10.00. The van der Waals surface area contributed by atoms with Gasteiger partial charge in [0.2, 0.25) is 15.9 Å². The van der Waals surface area contributed by atoms with E-state index >= 15 is 0 Å². The van der Waals surface area contributed by atoms with E-state index in [1.54, 1.807) is 17.8 Å². The SMILES string of the molecule is CSc1cccc(N(CCCC(=O)NCC2=CCCCC2)S(C)(=O)=O)c1. The third kappa shape index (κ3) is 6.68. The Hall–Kier alpha value is -1.47. The molecule has 1 aliphatic carbocycles. The van der Waals surface area contributed by atoms with Crippen molar-refractivity contribution >= 4 is 33.4 Å². The zero-order valence-electron chi connectivity index (χ0n) is 15.5. The van der Waals surface area contributed by atoms with Crippen molar-refractivity contribution in [2.45, 2.75) is 43.4 Å². The van der Waals surface area contributed by atoms with E-state index in [1.807, 2.05) is 24.5 Å². The molecule has 5 nitrogen and oxygen atoms in total. The van der Waals surface area contributed by atoms with E-state index in [-0.39, 0.29) is 5.91 Å². The molecule has 1 N–H and O–H groups in total. The van der Waals surface area contributed by atoms with E-state index < -0.39 is 10.0 Å². The Morgan fingerprint density at radius 2 is 2.12 bits per heavy atom. The number of rotatable bonds is 9. The van der Waals surface area contributed by atoms with Crippen molar-refractivity contribution in [1.82, 2.24) is 5.32 Å². The molecule has 0 heterocycles. The average molecular weight is 397 g/mol. The molecule has 0 aromatic heterocycles. The van der Waals surface area contributed by atoms with Crippen molar-refractivity contribution in [2.24, 2.45) is 0 Å².